The summed E-state index contributed by atoms with van der Waals surface area (Å²) in [6.07, 6.45) is 10.4. The highest BCUT2D eigenvalue weighted by molar-refractivity contribution is 5.80. The third kappa shape index (κ3) is 6.06. The number of benzene rings is 1. The molecule has 1 aliphatic carbocycles. The first-order valence-corrected chi connectivity index (χ1v) is 12.0. The molecule has 4 rings (SSSR count). The zero-order chi connectivity index (χ0) is 21.3. The largest absolute Gasteiger partial charge is 0.355 e. The van der Waals surface area contributed by atoms with Crippen LogP contribution in [0.25, 0.3) is 0 Å². The van der Waals surface area contributed by atoms with Crippen molar-refractivity contribution in [3.05, 3.63) is 48.0 Å². The number of aliphatic imine (C=N–C) groups is 1. The summed E-state index contributed by atoms with van der Waals surface area (Å²) in [5, 5.41) is 15.5. The summed E-state index contributed by atoms with van der Waals surface area (Å²) >= 11 is 0. The van der Waals surface area contributed by atoms with E-state index in [-0.39, 0.29) is 0 Å². The van der Waals surface area contributed by atoms with Crippen LogP contribution in [0.4, 0.5) is 0 Å². The lowest BCUT2D eigenvalue weighted by Crippen LogP contribution is -2.44. The van der Waals surface area contributed by atoms with Crippen LogP contribution < -0.4 is 10.6 Å². The molecule has 7 nitrogen and oxygen atoms in total. The minimum absolute atomic E-state index is 0.343. The third-order valence-corrected chi connectivity index (χ3v) is 6.54. The Morgan fingerprint density at radius 1 is 1.13 bits per heavy atom. The van der Waals surface area contributed by atoms with E-state index in [1.165, 1.54) is 57.2 Å². The van der Waals surface area contributed by atoms with Crippen LogP contribution in [0.15, 0.2) is 41.7 Å². The van der Waals surface area contributed by atoms with Gasteiger partial charge >= 0.3 is 0 Å². The maximum Gasteiger partial charge on any atom is 0.191 e. The van der Waals surface area contributed by atoms with E-state index in [1.54, 1.807) is 0 Å². The van der Waals surface area contributed by atoms with E-state index < -0.39 is 0 Å². The molecule has 1 saturated carbocycles. The highest BCUT2D eigenvalue weighted by atomic mass is 15.3. The summed E-state index contributed by atoms with van der Waals surface area (Å²) < 4.78 is 2.12. The molecule has 2 N–H and O–H groups in total. The summed E-state index contributed by atoms with van der Waals surface area (Å²) in [7, 11) is 0. The van der Waals surface area contributed by atoms with Gasteiger partial charge < -0.3 is 15.2 Å². The van der Waals surface area contributed by atoms with Gasteiger partial charge in [-0.15, -0.1) is 10.2 Å². The summed E-state index contributed by atoms with van der Waals surface area (Å²) in [5.74, 6) is 1.97. The van der Waals surface area contributed by atoms with Crippen LogP contribution in [-0.2, 0) is 13.0 Å². The monoisotopic (exact) mass is 423 g/mol. The van der Waals surface area contributed by atoms with Gasteiger partial charge in [-0.05, 0) is 44.3 Å². The fourth-order valence-electron chi connectivity index (χ4n) is 4.79. The van der Waals surface area contributed by atoms with Gasteiger partial charge in [0.05, 0.1) is 12.6 Å². The van der Waals surface area contributed by atoms with Crippen molar-refractivity contribution in [1.29, 1.82) is 0 Å². The first-order chi connectivity index (χ1) is 15.3. The molecule has 0 amide bonds. The van der Waals surface area contributed by atoms with Crippen LogP contribution in [0, 0.1) is 0 Å². The van der Waals surface area contributed by atoms with E-state index in [0.29, 0.717) is 12.1 Å². The Morgan fingerprint density at radius 3 is 2.65 bits per heavy atom. The van der Waals surface area contributed by atoms with Crippen LogP contribution in [0.2, 0.25) is 0 Å². The van der Waals surface area contributed by atoms with Crippen molar-refractivity contribution in [3.63, 3.8) is 0 Å². The number of aromatic nitrogens is 3. The Labute approximate surface area is 186 Å². The smallest absolute Gasteiger partial charge is 0.191 e. The molecule has 1 atom stereocenters. The van der Waals surface area contributed by atoms with Crippen LogP contribution in [0.3, 0.4) is 0 Å². The molecule has 1 aromatic carbocycles. The van der Waals surface area contributed by atoms with E-state index in [1.807, 2.05) is 6.33 Å². The second kappa shape index (κ2) is 11.3. The number of nitrogens with zero attached hydrogens (tertiary/aromatic N) is 5. The first-order valence-electron chi connectivity index (χ1n) is 12.0. The highest BCUT2D eigenvalue weighted by Crippen LogP contribution is 2.25. The van der Waals surface area contributed by atoms with E-state index in [4.69, 9.17) is 4.99 Å². The minimum Gasteiger partial charge on any atom is -0.355 e. The Kier molecular flexibility index (Phi) is 7.93. The number of guanidine groups is 1. The van der Waals surface area contributed by atoms with Gasteiger partial charge in [0.15, 0.2) is 5.96 Å². The van der Waals surface area contributed by atoms with Crippen molar-refractivity contribution in [2.75, 3.05) is 26.2 Å². The van der Waals surface area contributed by atoms with Gasteiger partial charge in [0.1, 0.15) is 12.2 Å². The number of hydrogen-bond acceptors (Lipinski definition) is 4. The Morgan fingerprint density at radius 2 is 1.90 bits per heavy atom. The number of nitrogens with one attached hydrogen (secondary N) is 2. The van der Waals surface area contributed by atoms with Gasteiger partial charge in [-0.3, -0.25) is 9.89 Å². The standard InChI is InChI=1S/C24H37N7/c1-2-23-29-27-19-31(23)17-14-25-24(28-21-12-6-7-13-21)26-18-22(30-15-8-9-16-30)20-10-4-3-5-11-20/h3-5,10-11,19,21-22H,2,6-9,12-18H2,1H3,(H2,25,26,28). The second-order valence-corrected chi connectivity index (χ2v) is 8.71. The molecule has 7 heteroatoms. The van der Waals surface area contributed by atoms with Crippen molar-refractivity contribution >= 4 is 5.96 Å². The Bertz CT molecular complexity index is 804. The van der Waals surface area contributed by atoms with Crippen molar-refractivity contribution in [3.8, 4) is 0 Å². The molecule has 2 aromatic rings. The molecule has 1 unspecified atom stereocenters. The van der Waals surface area contributed by atoms with Gasteiger partial charge in [-0.2, -0.15) is 0 Å². The zero-order valence-corrected chi connectivity index (χ0v) is 18.8. The van der Waals surface area contributed by atoms with Gasteiger partial charge in [0.2, 0.25) is 0 Å². The number of likely N-dealkylation sites (tertiary alicyclic amines) is 1. The van der Waals surface area contributed by atoms with Crippen LogP contribution in [0.5, 0.6) is 0 Å². The normalized spacial score (nSPS) is 19.1. The van der Waals surface area contributed by atoms with Crippen molar-refractivity contribution in [2.24, 2.45) is 4.99 Å². The van der Waals surface area contributed by atoms with Crippen LogP contribution >= 0.6 is 0 Å². The summed E-state index contributed by atoms with van der Waals surface area (Å²) in [5.41, 5.74) is 1.37. The van der Waals surface area contributed by atoms with Crippen molar-refractivity contribution in [2.45, 2.75) is 70.5 Å². The molecule has 168 valence electrons. The van der Waals surface area contributed by atoms with E-state index in [2.05, 4.69) is 67.6 Å². The maximum atomic E-state index is 5.08. The molecular weight excluding hydrogens is 386 g/mol. The lowest BCUT2D eigenvalue weighted by atomic mass is 10.1. The van der Waals surface area contributed by atoms with Crippen molar-refractivity contribution < 1.29 is 0 Å². The second-order valence-electron chi connectivity index (χ2n) is 8.71. The lowest BCUT2D eigenvalue weighted by Gasteiger charge is -2.27. The molecule has 1 saturated heterocycles. The molecule has 0 radical (unpaired) electrons. The van der Waals surface area contributed by atoms with E-state index >= 15 is 0 Å². The molecule has 1 aliphatic heterocycles. The fraction of sp³-hybridized carbons (Fsp3) is 0.625. The minimum atomic E-state index is 0.343. The van der Waals surface area contributed by atoms with Gasteiger partial charge in [-0.1, -0.05) is 50.1 Å². The van der Waals surface area contributed by atoms with Gasteiger partial charge in [0.25, 0.3) is 0 Å². The summed E-state index contributed by atoms with van der Waals surface area (Å²) in [6.45, 7) is 6.88. The van der Waals surface area contributed by atoms with Gasteiger partial charge in [-0.25, -0.2) is 0 Å². The molecule has 2 fully saturated rings. The quantitative estimate of drug-likeness (QED) is 0.479. The molecule has 0 bridgehead atoms. The highest BCUT2D eigenvalue weighted by Gasteiger charge is 2.23. The lowest BCUT2D eigenvalue weighted by molar-refractivity contribution is 0.251. The summed E-state index contributed by atoms with van der Waals surface area (Å²) in [6, 6.07) is 11.7. The van der Waals surface area contributed by atoms with Gasteiger partial charge in [0, 0.05) is 25.6 Å². The average molecular weight is 424 g/mol. The first kappa shape index (κ1) is 21.8. The van der Waals surface area contributed by atoms with Crippen LogP contribution in [-0.4, -0.2) is 57.8 Å². The molecule has 31 heavy (non-hydrogen) atoms. The van der Waals surface area contributed by atoms with E-state index in [9.17, 15) is 0 Å². The predicted octanol–water partition coefficient (Wildman–Crippen LogP) is 3.16. The third-order valence-electron chi connectivity index (χ3n) is 6.54. The fourth-order valence-corrected chi connectivity index (χ4v) is 4.79. The zero-order valence-electron chi connectivity index (χ0n) is 18.8. The summed E-state index contributed by atoms with van der Waals surface area (Å²) in [4.78, 5) is 7.68. The number of rotatable bonds is 9. The molecule has 2 aliphatic rings. The average Bonchev–Trinajstić information content (AvgIpc) is 3.58. The molecule has 1 aromatic heterocycles. The Balaban J connectivity index is 1.43. The Hall–Kier alpha value is -2.41. The molecule has 0 spiro atoms. The molecular formula is C24H37N7. The maximum absolute atomic E-state index is 5.08. The SMILES string of the molecule is CCc1nncn1CCNC(=NCC(c1ccccc1)N1CCCC1)NC1CCCC1. The topological polar surface area (TPSA) is 70.4 Å². The predicted molar refractivity (Wildman–Crippen MR) is 125 cm³/mol. The van der Waals surface area contributed by atoms with Crippen molar-refractivity contribution in [1.82, 2.24) is 30.3 Å². The molecule has 2 heterocycles. The van der Waals surface area contributed by atoms with E-state index in [0.717, 1.165) is 37.8 Å². The number of aryl methyl sites for hydroxylation is 1. The number of hydrogen-bond donors (Lipinski definition) is 2. The van der Waals surface area contributed by atoms with Crippen LogP contribution in [0.1, 0.15) is 62.9 Å².